The van der Waals surface area contributed by atoms with E-state index < -0.39 is 124 Å². The third-order valence-electron chi connectivity index (χ3n) is 11.1. The molecule has 0 fully saturated rings. The number of aliphatic carboxylic acids is 1. The molecule has 0 aliphatic carbocycles. The van der Waals surface area contributed by atoms with Crippen LogP contribution in [-0.2, 0) is 55.2 Å². The van der Waals surface area contributed by atoms with Crippen LogP contribution in [0.4, 0.5) is 41.5 Å². The number of halogens is 9. The first kappa shape index (κ1) is 75.2. The van der Waals surface area contributed by atoms with Gasteiger partial charge in [-0.25, -0.2) is 41.7 Å². The number of esters is 1. The Balaban J connectivity index is 0.000000349. The monoisotopic (exact) mass is 1360 g/mol. The molecule has 27 nitrogen and oxygen atoms in total. The van der Waals surface area contributed by atoms with E-state index in [2.05, 4.69) is 19.4 Å². The van der Waals surface area contributed by atoms with E-state index in [1.54, 1.807) is 12.2 Å². The topological polar surface area (TPSA) is 393 Å². The van der Waals surface area contributed by atoms with Crippen LogP contribution in [0.5, 0.6) is 29.0 Å². The summed E-state index contributed by atoms with van der Waals surface area (Å²) in [5, 5.41) is 28.1. The number of carbonyl (C=O) groups is 5. The van der Waals surface area contributed by atoms with E-state index in [1.165, 1.54) is 74.1 Å². The van der Waals surface area contributed by atoms with Crippen molar-refractivity contribution in [3.63, 3.8) is 0 Å². The molecule has 0 saturated carbocycles. The number of alkyl halides is 7. The zero-order chi connectivity index (χ0) is 68.2. The van der Waals surface area contributed by atoms with Gasteiger partial charge in [-0.05, 0) is 79.9 Å². The first-order valence-corrected chi connectivity index (χ1v) is 29.3. The van der Waals surface area contributed by atoms with Gasteiger partial charge in [0.1, 0.15) is 40.3 Å². The number of hydrogen-bond acceptors (Lipinski definition) is 19. The molecule has 2 amide bonds. The Bertz CT molecular complexity index is 3800. The molecule has 6 aromatic rings. The van der Waals surface area contributed by atoms with E-state index in [1.807, 2.05) is 25.1 Å². The Morgan fingerprint density at radius 1 is 0.822 bits per heavy atom. The smallest absolute Gasteiger partial charge is 0.431 e. The van der Waals surface area contributed by atoms with Crippen molar-refractivity contribution in [3.05, 3.63) is 150 Å². The summed E-state index contributed by atoms with van der Waals surface area (Å²) in [5.74, 6) is -6.36. The number of ether oxygens (including phenoxy) is 6. The second kappa shape index (κ2) is 33.5. The summed E-state index contributed by atoms with van der Waals surface area (Å²) in [7, 11) is -4.26. The largest absolute Gasteiger partial charge is 0.494 e. The Morgan fingerprint density at radius 3 is 1.89 bits per heavy atom. The lowest BCUT2D eigenvalue weighted by molar-refractivity contribution is -0.148. The number of carboxylic acids is 3. The number of rotatable bonds is 22. The molecule has 0 aliphatic rings. The Labute approximate surface area is 514 Å². The van der Waals surface area contributed by atoms with Gasteiger partial charge in [-0.2, -0.15) is 40.7 Å². The predicted molar refractivity (Wildman–Crippen MR) is 303 cm³/mol. The summed E-state index contributed by atoms with van der Waals surface area (Å²) in [6, 6.07) is 16.8. The van der Waals surface area contributed by atoms with Gasteiger partial charge in [0, 0.05) is 31.5 Å². The van der Waals surface area contributed by atoms with Crippen molar-refractivity contribution in [2.45, 2.75) is 69.7 Å². The van der Waals surface area contributed by atoms with Gasteiger partial charge in [0.2, 0.25) is 17.7 Å². The average molecular weight is 1360 g/mol. The highest BCUT2D eigenvalue weighted by Crippen LogP contribution is 2.36. The van der Waals surface area contributed by atoms with E-state index in [0.29, 0.717) is 38.3 Å². The number of sulfonamides is 1. The lowest BCUT2D eigenvalue weighted by Gasteiger charge is -2.17. The number of aromatic nitrogens is 4. The Kier molecular flexibility index (Phi) is 28.0. The summed E-state index contributed by atoms with van der Waals surface area (Å²) in [6.07, 6.45) is -4.91. The minimum atomic E-state index is -4.84. The fourth-order valence-corrected chi connectivity index (χ4v) is 9.15. The molecule has 90 heavy (non-hydrogen) atoms. The van der Waals surface area contributed by atoms with Crippen LogP contribution in [-0.4, -0.2) is 130 Å². The first-order chi connectivity index (χ1) is 41.8. The first-order valence-electron chi connectivity index (χ1n) is 24.8. The van der Waals surface area contributed by atoms with Crippen LogP contribution in [0.1, 0.15) is 57.8 Å². The number of nitrogens with two attached hydrogens (primary N) is 1. The third kappa shape index (κ3) is 23.2. The summed E-state index contributed by atoms with van der Waals surface area (Å²) in [4.78, 5) is 95.0. The minimum absolute atomic E-state index is 0.0412. The van der Waals surface area contributed by atoms with Gasteiger partial charge in [-0.1, -0.05) is 54.4 Å². The van der Waals surface area contributed by atoms with Crippen molar-refractivity contribution < 1.29 is 116 Å². The van der Waals surface area contributed by atoms with Crippen LogP contribution in [0.2, 0.25) is 10.0 Å². The van der Waals surface area contributed by atoms with Gasteiger partial charge in [-0.3, -0.25) is 24.0 Å². The highest BCUT2D eigenvalue weighted by atomic mass is 35.5. The fourth-order valence-electron chi connectivity index (χ4n) is 6.82. The second-order valence-corrected chi connectivity index (χ2v) is 22.7. The predicted octanol–water partition coefficient (Wildman–Crippen LogP) is 7.91. The highest BCUT2D eigenvalue weighted by Gasteiger charge is 2.35. The molecule has 38 heteroatoms. The van der Waals surface area contributed by atoms with Crippen LogP contribution >= 0.6 is 30.6 Å². The molecule has 0 aliphatic heterocycles. The maximum Gasteiger partial charge on any atom is 0.431 e. The molecule has 0 radical (unpaired) electrons. The van der Waals surface area contributed by atoms with Gasteiger partial charge in [0.05, 0.1) is 41.6 Å². The molecule has 0 saturated heterocycles. The molecule has 490 valence electrons. The molecular formula is C52H53Cl2F7N7O20PS. The van der Waals surface area contributed by atoms with Crippen molar-refractivity contribution in [1.82, 2.24) is 23.8 Å². The van der Waals surface area contributed by atoms with Crippen molar-refractivity contribution in [2.24, 2.45) is 12.8 Å². The molecular weight excluding hydrogens is 1310 g/mol. The number of anilines is 1. The number of nitrogens with zero attached hydrogens (tertiary/aromatic N) is 4. The van der Waals surface area contributed by atoms with E-state index in [-0.39, 0.29) is 46.2 Å². The molecule has 0 spiro atoms. The highest BCUT2D eigenvalue weighted by molar-refractivity contribution is 7.90. The number of carboxylic acid groups (broad SMARTS) is 3. The SMILES string of the molecule is CCc1ccc(COc2ccc(-n3c(=O)cc(C(F)(F)F)n(C)c3=O)cc2)c(OC(C)C(=O)OC)c1.COc1c(Cl)ccc(Cl)c1C(=O)O.CP(=O)(O)CCC(N)C(=O)O.O=C(Nc1nc(OC(F)F)cc(OC(F)F)n1)NS(=O)(=O)c1ccccc1C(=O)O. The summed E-state index contributed by atoms with van der Waals surface area (Å²) in [6.45, 7) is -2.00. The van der Waals surface area contributed by atoms with Crippen LogP contribution < -0.4 is 50.7 Å². The lowest BCUT2D eigenvalue weighted by Crippen LogP contribution is -2.40. The molecule has 2 aromatic heterocycles. The number of aromatic carboxylic acids is 2. The fraction of sp³-hybridized carbons (Fsp3) is 0.288. The standard InChI is InChI=1S/C25H25F3N2O6.C14H10F4N4O7S.C8H6Cl2O3.C5H12NO4P/c1-5-16-6-7-17(20(12-16)36-15(2)23(32)34-4)14-35-19-10-8-18(9-11-19)30-22(31)13-21(25(26,27)28)29(3)24(30)33;15-11(16)28-8-5-9(29-12(17)18)20-13(19-8)21-14(25)22-30(26,27)7-4-2-1-3-6(7)10(23)24;1-13-7-5(10)3-2-4(9)6(7)8(11)12;1-11(9,10)3-2-4(6)5(7)8/h6-13,15H,5,14H2,1-4H3;1-5,11-12H,(H,23,24)(H2,19,20,21,22,25);2-3H,1H3,(H,11,12);4H,2-3,6H2,1H3,(H,7,8)(H,9,10). The number of methoxy groups -OCH3 is 2. The summed E-state index contributed by atoms with van der Waals surface area (Å²) >= 11 is 11.4. The molecule has 0 bridgehead atoms. The maximum atomic E-state index is 13.1. The van der Waals surface area contributed by atoms with Gasteiger partial charge >= 0.3 is 55.0 Å². The van der Waals surface area contributed by atoms with E-state index in [9.17, 15) is 77.3 Å². The van der Waals surface area contributed by atoms with Crippen molar-refractivity contribution in [1.29, 1.82) is 0 Å². The van der Waals surface area contributed by atoms with Crippen molar-refractivity contribution >= 4 is 76.5 Å². The molecule has 3 unspecified atom stereocenters. The van der Waals surface area contributed by atoms with Crippen LogP contribution in [0, 0.1) is 0 Å². The number of hydrogen-bond donors (Lipinski definition) is 7. The molecule has 8 N–H and O–H groups in total. The van der Waals surface area contributed by atoms with E-state index in [4.69, 9.17) is 68.1 Å². The number of carbonyl (C=O) groups excluding carboxylic acids is 2. The molecule has 4 aromatic carbocycles. The van der Waals surface area contributed by atoms with Crippen molar-refractivity contribution in [3.8, 4) is 34.7 Å². The summed E-state index contributed by atoms with van der Waals surface area (Å²) in [5.41, 5.74) is 2.53. The van der Waals surface area contributed by atoms with Crippen LogP contribution in [0.3, 0.4) is 0 Å². The third-order valence-corrected chi connectivity index (χ3v) is 14.2. The van der Waals surface area contributed by atoms with Gasteiger partial charge in [0.15, 0.2) is 19.2 Å². The number of aryl methyl sites for hydroxylation is 1. The lowest BCUT2D eigenvalue weighted by atomic mass is 10.1. The average Bonchev–Trinajstić information content (AvgIpc) is 0.858. The van der Waals surface area contributed by atoms with Crippen LogP contribution in [0.25, 0.3) is 5.69 Å². The number of amides is 2. The normalized spacial score (nSPS) is 12.3. The van der Waals surface area contributed by atoms with E-state index >= 15 is 0 Å². The molecule has 2 heterocycles. The Morgan fingerprint density at radius 2 is 1.40 bits per heavy atom. The van der Waals surface area contributed by atoms with Gasteiger partial charge in [0.25, 0.3) is 15.6 Å². The Hall–Kier alpha value is -9.02. The minimum Gasteiger partial charge on any atom is -0.494 e. The van der Waals surface area contributed by atoms with Crippen molar-refractivity contribution in [2.75, 3.05) is 32.4 Å². The van der Waals surface area contributed by atoms with Gasteiger partial charge < -0.3 is 54.4 Å². The quantitative estimate of drug-likeness (QED) is 0.0193. The second-order valence-electron chi connectivity index (χ2n) is 17.6. The van der Waals surface area contributed by atoms with E-state index in [0.717, 1.165) is 31.2 Å². The number of nitrogens with one attached hydrogen (secondary N) is 2. The van der Waals surface area contributed by atoms with Gasteiger partial charge in [-0.15, -0.1) is 0 Å². The zero-order valence-electron chi connectivity index (χ0n) is 47.2. The summed E-state index contributed by atoms with van der Waals surface area (Å²) < 4.78 is 155. The van der Waals surface area contributed by atoms with Crippen LogP contribution in [0.15, 0.2) is 105 Å². The number of benzene rings is 4. The number of urea groups is 1. The maximum absolute atomic E-state index is 13.1. The molecule has 6 rings (SSSR count). The zero-order valence-corrected chi connectivity index (χ0v) is 50.5. The molecule has 3 atom stereocenters.